The minimum absolute atomic E-state index is 0.333. The zero-order valence-electron chi connectivity index (χ0n) is 12.2. The highest BCUT2D eigenvalue weighted by atomic mass is 28.4. The summed E-state index contributed by atoms with van der Waals surface area (Å²) in [5, 5.41) is 0.333. The maximum Gasteiger partial charge on any atom is 0.191 e. The van der Waals surface area contributed by atoms with Crippen LogP contribution in [0.2, 0.25) is 37.8 Å². The Labute approximate surface area is 98.8 Å². The van der Waals surface area contributed by atoms with Gasteiger partial charge >= 0.3 is 0 Å². The van der Waals surface area contributed by atoms with Crippen LogP contribution in [0.3, 0.4) is 0 Å². The highest BCUT2D eigenvalue weighted by Crippen LogP contribution is 2.38. The van der Waals surface area contributed by atoms with E-state index in [9.17, 15) is 0 Å². The summed E-state index contributed by atoms with van der Waals surface area (Å²) < 4.78 is 6.52. The van der Waals surface area contributed by atoms with Crippen LogP contribution in [0.5, 0.6) is 0 Å². The molecule has 0 aromatic carbocycles. The zero-order valence-corrected chi connectivity index (χ0v) is 14.2. The number of rotatable bonds is 4. The Kier molecular flexibility index (Phi) is 4.84. The molecular formula is C12H30OSi2. The molecule has 0 aromatic rings. The molecule has 0 amide bonds. The lowest BCUT2D eigenvalue weighted by molar-refractivity contribution is 0.239. The van der Waals surface area contributed by atoms with Crippen molar-refractivity contribution < 1.29 is 4.43 Å². The molecule has 0 saturated carbocycles. The van der Waals surface area contributed by atoms with E-state index in [1.54, 1.807) is 0 Å². The lowest BCUT2D eigenvalue weighted by Gasteiger charge is -2.42. The Morgan fingerprint density at radius 1 is 1.00 bits per heavy atom. The van der Waals surface area contributed by atoms with Gasteiger partial charge in [-0.05, 0) is 24.6 Å². The first kappa shape index (κ1) is 15.4. The summed E-state index contributed by atoms with van der Waals surface area (Å²) in [6, 6.07) is 0. The molecule has 0 bridgehead atoms. The highest BCUT2D eigenvalue weighted by molar-refractivity contribution is 6.80. The Bertz CT molecular complexity index is 199. The monoisotopic (exact) mass is 246 g/mol. The molecule has 0 spiro atoms. The van der Waals surface area contributed by atoms with Gasteiger partial charge in [-0.25, -0.2) is 0 Å². The van der Waals surface area contributed by atoms with Crippen molar-refractivity contribution in [3.63, 3.8) is 0 Å². The smallest absolute Gasteiger partial charge is 0.191 e. The fourth-order valence-corrected chi connectivity index (χ4v) is 6.16. The van der Waals surface area contributed by atoms with Crippen molar-refractivity contribution >= 4 is 16.4 Å². The van der Waals surface area contributed by atoms with Crippen molar-refractivity contribution in [3.8, 4) is 0 Å². The summed E-state index contributed by atoms with van der Waals surface area (Å²) >= 11 is 0. The van der Waals surface area contributed by atoms with E-state index in [0.717, 1.165) is 0 Å². The molecule has 0 radical (unpaired) electrons. The molecule has 0 rings (SSSR count). The molecule has 0 saturated heterocycles. The average molecular weight is 247 g/mol. The van der Waals surface area contributed by atoms with E-state index >= 15 is 0 Å². The van der Waals surface area contributed by atoms with Gasteiger partial charge in [0.1, 0.15) is 0 Å². The topological polar surface area (TPSA) is 9.23 Å². The molecule has 0 aromatic heterocycles. The third-order valence-electron chi connectivity index (χ3n) is 3.58. The second kappa shape index (κ2) is 4.72. The lowest BCUT2D eigenvalue weighted by Crippen LogP contribution is -2.51. The summed E-state index contributed by atoms with van der Waals surface area (Å²) in [6.07, 6.45) is 1.17. The van der Waals surface area contributed by atoms with Gasteiger partial charge in [0.25, 0.3) is 0 Å². The minimum Gasteiger partial charge on any atom is -0.417 e. The molecule has 0 aliphatic carbocycles. The second-order valence-corrected chi connectivity index (χ2v) is 17.3. The predicted molar refractivity (Wildman–Crippen MR) is 75.7 cm³/mol. The van der Waals surface area contributed by atoms with Crippen molar-refractivity contribution in [2.24, 2.45) is 0 Å². The van der Waals surface area contributed by atoms with Crippen LogP contribution in [0.15, 0.2) is 0 Å². The van der Waals surface area contributed by atoms with Crippen LogP contribution in [-0.2, 0) is 4.43 Å². The molecule has 1 atom stereocenters. The molecule has 1 nitrogen and oxygen atoms in total. The van der Waals surface area contributed by atoms with E-state index in [0.29, 0.717) is 10.8 Å². The number of hydrogen-bond donors (Lipinski definition) is 0. The third-order valence-corrected chi connectivity index (χ3v) is 10.8. The molecule has 15 heavy (non-hydrogen) atoms. The van der Waals surface area contributed by atoms with Crippen molar-refractivity contribution in [1.29, 1.82) is 0 Å². The van der Waals surface area contributed by atoms with E-state index in [1.807, 2.05) is 0 Å². The Morgan fingerprint density at radius 3 is 1.60 bits per heavy atom. The van der Waals surface area contributed by atoms with Crippen molar-refractivity contribution in [1.82, 2.24) is 0 Å². The Morgan fingerprint density at radius 2 is 1.40 bits per heavy atom. The normalized spacial score (nSPS) is 16.6. The van der Waals surface area contributed by atoms with E-state index in [4.69, 9.17) is 4.43 Å². The molecule has 3 heteroatoms. The van der Waals surface area contributed by atoms with Crippen LogP contribution in [0.4, 0.5) is 0 Å². The fraction of sp³-hybridized carbons (Fsp3) is 1.00. The first-order valence-corrected chi connectivity index (χ1v) is 12.6. The van der Waals surface area contributed by atoms with Crippen molar-refractivity contribution in [3.05, 3.63) is 0 Å². The highest BCUT2D eigenvalue weighted by Gasteiger charge is 2.41. The van der Waals surface area contributed by atoms with Gasteiger partial charge < -0.3 is 4.43 Å². The lowest BCUT2D eigenvalue weighted by atomic mass is 10.2. The quantitative estimate of drug-likeness (QED) is 0.655. The van der Waals surface area contributed by atoms with E-state index in [1.165, 1.54) is 6.42 Å². The van der Waals surface area contributed by atoms with Gasteiger partial charge in [0.15, 0.2) is 8.32 Å². The standard InChI is InChI=1S/C12H30OSi2/c1-10-11(14(5,6)7)13-15(8,9)12(2,3)4/h11H,10H2,1-9H3. The summed E-state index contributed by atoms with van der Waals surface area (Å²) in [5.41, 5.74) is 0.526. The van der Waals surface area contributed by atoms with Crippen molar-refractivity contribution in [2.45, 2.75) is 77.6 Å². The Balaban J connectivity index is 4.70. The Hall–Kier alpha value is 0.394. The van der Waals surface area contributed by atoms with Crippen LogP contribution >= 0.6 is 0 Å². The molecule has 92 valence electrons. The zero-order chi connectivity index (χ0) is 12.5. The van der Waals surface area contributed by atoms with E-state index in [-0.39, 0.29) is 0 Å². The maximum absolute atomic E-state index is 6.52. The summed E-state index contributed by atoms with van der Waals surface area (Å²) in [6.45, 7) is 21.2. The van der Waals surface area contributed by atoms with Crippen LogP contribution in [0, 0.1) is 0 Å². The van der Waals surface area contributed by atoms with E-state index < -0.39 is 16.4 Å². The van der Waals surface area contributed by atoms with Gasteiger partial charge in [-0.3, -0.25) is 0 Å². The average Bonchev–Trinajstić information content (AvgIpc) is 1.95. The van der Waals surface area contributed by atoms with Crippen LogP contribution in [-0.4, -0.2) is 22.1 Å². The predicted octanol–water partition coefficient (Wildman–Crippen LogP) is 4.66. The maximum atomic E-state index is 6.52. The van der Waals surface area contributed by atoms with Crippen LogP contribution < -0.4 is 0 Å². The van der Waals surface area contributed by atoms with Gasteiger partial charge in [-0.15, -0.1) is 0 Å². The SMILES string of the molecule is CCC(O[Si](C)(C)C(C)(C)C)[Si](C)(C)C. The molecule has 0 aliphatic rings. The van der Waals surface area contributed by atoms with Gasteiger partial charge in [-0.2, -0.15) is 0 Å². The van der Waals surface area contributed by atoms with E-state index in [2.05, 4.69) is 60.4 Å². The summed E-state index contributed by atoms with van der Waals surface area (Å²) in [5.74, 6) is 0. The third kappa shape index (κ3) is 4.41. The van der Waals surface area contributed by atoms with Gasteiger partial charge in [-0.1, -0.05) is 47.3 Å². The van der Waals surface area contributed by atoms with Gasteiger partial charge in [0, 0.05) is 5.73 Å². The molecule has 0 heterocycles. The largest absolute Gasteiger partial charge is 0.417 e. The molecule has 0 aliphatic heterocycles. The second-order valence-electron chi connectivity index (χ2n) is 7.14. The number of hydrogen-bond acceptors (Lipinski definition) is 1. The first-order valence-electron chi connectivity index (χ1n) is 6.09. The molecular weight excluding hydrogens is 216 g/mol. The van der Waals surface area contributed by atoms with Crippen molar-refractivity contribution in [2.75, 3.05) is 0 Å². The van der Waals surface area contributed by atoms with Crippen LogP contribution in [0.1, 0.15) is 34.1 Å². The van der Waals surface area contributed by atoms with Gasteiger partial charge in [0.05, 0.1) is 8.07 Å². The van der Waals surface area contributed by atoms with Gasteiger partial charge in [0.2, 0.25) is 0 Å². The first-order chi connectivity index (χ1) is 6.42. The summed E-state index contributed by atoms with van der Waals surface area (Å²) in [7, 11) is -2.73. The fourth-order valence-electron chi connectivity index (χ4n) is 1.40. The molecule has 1 unspecified atom stereocenters. The minimum atomic E-state index is -1.56. The summed E-state index contributed by atoms with van der Waals surface area (Å²) in [4.78, 5) is 0. The van der Waals surface area contributed by atoms with Crippen LogP contribution in [0.25, 0.3) is 0 Å². The molecule has 0 N–H and O–H groups in total. The molecule has 0 fully saturated rings.